The first-order chi connectivity index (χ1) is 14.2. The predicted molar refractivity (Wildman–Crippen MR) is 107 cm³/mol. The number of carbonyl (C=O) groups is 1. The smallest absolute Gasteiger partial charge is 0.323 e. The summed E-state index contributed by atoms with van der Waals surface area (Å²) in [6, 6.07) is 6.89. The number of nitrogens with zero attached hydrogens (tertiary/aromatic N) is 3. The fraction of sp³-hybridized carbons (Fsp3) is 0.263. The average molecular weight is 393 g/mol. The molecular weight excluding hydrogens is 374 g/mol. The molecule has 1 fully saturated rings. The van der Waals surface area contributed by atoms with Gasteiger partial charge in [-0.25, -0.2) is 14.8 Å². The first-order valence-corrected chi connectivity index (χ1v) is 9.31. The van der Waals surface area contributed by atoms with Crippen molar-refractivity contribution in [3.05, 3.63) is 47.3 Å². The number of rotatable bonds is 5. The second-order valence-corrected chi connectivity index (χ2v) is 6.89. The van der Waals surface area contributed by atoms with Crippen LogP contribution in [-0.2, 0) is 9.53 Å². The number of hydrogen-bond acceptors (Lipinski definition) is 7. The number of morpholine rings is 1. The average Bonchev–Trinajstić information content (AvgIpc) is 3.33. The summed E-state index contributed by atoms with van der Waals surface area (Å²) >= 11 is 0. The standard InChI is InChI=1S/C19H19N7O3/c27-9-15(16-8-20-4-6-29-16)26-5-3-12-17(21-10-22-18(12)26)23-11-1-2-13-14(7-11)25-19(28)24-13/h1-3,5,7,9-10,15-16,20H,4,6,8H2,(H,21,22,23)(H2,24,25,28). The van der Waals surface area contributed by atoms with Gasteiger partial charge in [-0.1, -0.05) is 0 Å². The topological polar surface area (TPSA) is 130 Å². The molecule has 1 saturated heterocycles. The van der Waals surface area contributed by atoms with Crippen LogP contribution in [0.4, 0.5) is 11.5 Å². The van der Waals surface area contributed by atoms with Crippen LogP contribution in [0.1, 0.15) is 6.04 Å². The number of ether oxygens (including phenoxy) is 1. The number of carbonyl (C=O) groups excluding carboxylic acids is 1. The summed E-state index contributed by atoms with van der Waals surface area (Å²) in [5.74, 6) is 0.610. The Morgan fingerprint density at radius 3 is 2.97 bits per heavy atom. The van der Waals surface area contributed by atoms with Crippen molar-refractivity contribution in [2.45, 2.75) is 12.1 Å². The summed E-state index contributed by atoms with van der Waals surface area (Å²) in [6.07, 6.45) is 3.92. The molecule has 29 heavy (non-hydrogen) atoms. The van der Waals surface area contributed by atoms with Crippen LogP contribution in [0.5, 0.6) is 0 Å². The van der Waals surface area contributed by atoms with Crippen molar-refractivity contribution in [3.63, 3.8) is 0 Å². The van der Waals surface area contributed by atoms with Crippen LogP contribution in [0.15, 0.2) is 41.6 Å². The lowest BCUT2D eigenvalue weighted by atomic mass is 10.1. The normalized spacial score (nSPS) is 18.1. The third-order valence-electron chi connectivity index (χ3n) is 5.09. The van der Waals surface area contributed by atoms with Gasteiger partial charge in [0.1, 0.15) is 30.1 Å². The van der Waals surface area contributed by atoms with Crippen LogP contribution in [0.2, 0.25) is 0 Å². The van der Waals surface area contributed by atoms with E-state index in [4.69, 9.17) is 4.74 Å². The number of fused-ring (bicyclic) bond motifs is 2. The largest absolute Gasteiger partial charge is 0.373 e. The number of aldehydes is 1. The Hall–Kier alpha value is -3.50. The molecule has 0 bridgehead atoms. The molecule has 4 aromatic rings. The van der Waals surface area contributed by atoms with Gasteiger partial charge in [-0.05, 0) is 24.3 Å². The van der Waals surface area contributed by atoms with Gasteiger partial charge >= 0.3 is 5.69 Å². The van der Waals surface area contributed by atoms with E-state index in [1.165, 1.54) is 6.33 Å². The molecule has 5 rings (SSSR count). The monoisotopic (exact) mass is 393 g/mol. The van der Waals surface area contributed by atoms with E-state index < -0.39 is 6.04 Å². The Kier molecular flexibility index (Phi) is 4.34. The minimum atomic E-state index is -0.482. The lowest BCUT2D eigenvalue weighted by Gasteiger charge is -2.28. The summed E-state index contributed by atoms with van der Waals surface area (Å²) in [6.45, 7) is 1.95. The van der Waals surface area contributed by atoms with Crippen molar-refractivity contribution in [2.75, 3.05) is 25.0 Å². The molecular formula is C19H19N7O3. The summed E-state index contributed by atoms with van der Waals surface area (Å²) < 4.78 is 7.59. The number of H-pyrrole nitrogens is 2. The van der Waals surface area contributed by atoms with Gasteiger partial charge in [0.25, 0.3) is 0 Å². The SMILES string of the molecule is O=CC(C1CNCCO1)n1ccc2c(Nc3ccc4[nH]c(=O)[nH]c4c3)ncnc21. The van der Waals surface area contributed by atoms with Gasteiger partial charge in [-0.15, -0.1) is 0 Å². The lowest BCUT2D eigenvalue weighted by molar-refractivity contribution is -0.115. The lowest BCUT2D eigenvalue weighted by Crippen LogP contribution is -2.43. The molecule has 10 nitrogen and oxygen atoms in total. The Bertz CT molecular complexity index is 1240. The van der Waals surface area contributed by atoms with E-state index in [9.17, 15) is 9.59 Å². The highest BCUT2D eigenvalue weighted by molar-refractivity contribution is 5.91. The van der Waals surface area contributed by atoms with Crippen LogP contribution >= 0.6 is 0 Å². The number of imidazole rings is 1. The van der Waals surface area contributed by atoms with Crippen LogP contribution in [0.3, 0.4) is 0 Å². The molecule has 0 radical (unpaired) electrons. The molecule has 0 aliphatic carbocycles. The van der Waals surface area contributed by atoms with Gasteiger partial charge in [-0.2, -0.15) is 0 Å². The van der Waals surface area contributed by atoms with Crippen molar-refractivity contribution < 1.29 is 9.53 Å². The van der Waals surface area contributed by atoms with Gasteiger partial charge in [0.05, 0.1) is 29.1 Å². The van der Waals surface area contributed by atoms with Crippen molar-refractivity contribution >= 4 is 39.9 Å². The Morgan fingerprint density at radius 1 is 1.24 bits per heavy atom. The molecule has 0 amide bonds. The van der Waals surface area contributed by atoms with Crippen LogP contribution in [0, 0.1) is 0 Å². The van der Waals surface area contributed by atoms with Crippen LogP contribution < -0.4 is 16.3 Å². The van der Waals surface area contributed by atoms with E-state index in [1.807, 2.05) is 35.0 Å². The number of benzene rings is 1. The number of anilines is 2. The molecule has 2 unspecified atom stereocenters. The number of hydrogen-bond donors (Lipinski definition) is 4. The molecule has 4 heterocycles. The van der Waals surface area contributed by atoms with Crippen molar-refractivity contribution in [1.82, 2.24) is 29.8 Å². The summed E-state index contributed by atoms with van der Waals surface area (Å²) in [5.41, 5.74) is 2.59. The highest BCUT2D eigenvalue weighted by Crippen LogP contribution is 2.28. The summed E-state index contributed by atoms with van der Waals surface area (Å²) in [7, 11) is 0. The molecule has 148 valence electrons. The van der Waals surface area contributed by atoms with Gasteiger partial charge in [0.15, 0.2) is 0 Å². The number of nitrogens with one attached hydrogen (secondary N) is 4. The highest BCUT2D eigenvalue weighted by atomic mass is 16.5. The molecule has 0 spiro atoms. The zero-order chi connectivity index (χ0) is 19.8. The molecule has 1 aliphatic rings. The number of aromatic amines is 2. The molecule has 0 saturated carbocycles. The van der Waals surface area contributed by atoms with E-state index in [0.29, 0.717) is 30.1 Å². The van der Waals surface area contributed by atoms with Gasteiger partial charge in [0.2, 0.25) is 0 Å². The van der Waals surface area contributed by atoms with Crippen LogP contribution in [0.25, 0.3) is 22.1 Å². The second-order valence-electron chi connectivity index (χ2n) is 6.89. The van der Waals surface area contributed by atoms with Crippen molar-refractivity contribution in [3.8, 4) is 0 Å². The first kappa shape index (κ1) is 17.6. The Labute approximate surface area is 164 Å². The van der Waals surface area contributed by atoms with E-state index >= 15 is 0 Å². The molecule has 1 aromatic carbocycles. The first-order valence-electron chi connectivity index (χ1n) is 9.31. The van der Waals surface area contributed by atoms with E-state index in [2.05, 4.69) is 30.6 Å². The van der Waals surface area contributed by atoms with E-state index in [1.54, 1.807) is 0 Å². The third kappa shape index (κ3) is 3.18. The minimum absolute atomic E-state index is 0.252. The second kappa shape index (κ2) is 7.15. The maximum atomic E-state index is 11.8. The van der Waals surface area contributed by atoms with Crippen molar-refractivity contribution in [1.29, 1.82) is 0 Å². The number of aromatic nitrogens is 5. The molecule has 1 aliphatic heterocycles. The van der Waals surface area contributed by atoms with Crippen LogP contribution in [-0.4, -0.2) is 56.6 Å². The fourth-order valence-corrected chi connectivity index (χ4v) is 3.70. The molecule has 4 N–H and O–H groups in total. The zero-order valence-corrected chi connectivity index (χ0v) is 15.4. The van der Waals surface area contributed by atoms with E-state index in [-0.39, 0.29) is 11.8 Å². The summed E-state index contributed by atoms with van der Waals surface area (Å²) in [4.78, 5) is 37.5. The van der Waals surface area contributed by atoms with Crippen molar-refractivity contribution in [2.24, 2.45) is 0 Å². The Morgan fingerprint density at radius 2 is 2.14 bits per heavy atom. The summed E-state index contributed by atoms with van der Waals surface area (Å²) in [5, 5.41) is 7.30. The Balaban J connectivity index is 1.50. The zero-order valence-electron chi connectivity index (χ0n) is 15.4. The third-order valence-corrected chi connectivity index (χ3v) is 5.09. The predicted octanol–water partition coefficient (Wildman–Crippen LogP) is 1.07. The highest BCUT2D eigenvalue weighted by Gasteiger charge is 2.27. The molecule has 10 heteroatoms. The van der Waals surface area contributed by atoms with Gasteiger partial charge < -0.3 is 34.7 Å². The fourth-order valence-electron chi connectivity index (χ4n) is 3.70. The van der Waals surface area contributed by atoms with Gasteiger partial charge in [-0.3, -0.25) is 0 Å². The van der Waals surface area contributed by atoms with Gasteiger partial charge in [0, 0.05) is 25.0 Å². The molecule has 3 aromatic heterocycles. The molecule has 2 atom stereocenters. The van der Waals surface area contributed by atoms with E-state index in [0.717, 1.165) is 29.4 Å². The minimum Gasteiger partial charge on any atom is -0.373 e. The maximum Gasteiger partial charge on any atom is 0.323 e. The maximum absolute atomic E-state index is 11.8. The quantitative estimate of drug-likeness (QED) is 0.373.